The molecule has 0 unspecified atom stereocenters. The van der Waals surface area contributed by atoms with Gasteiger partial charge >= 0.3 is 0 Å². The molecule has 0 saturated heterocycles. The van der Waals surface area contributed by atoms with Crippen molar-refractivity contribution >= 4 is 5.91 Å². The Labute approximate surface area is 115 Å². The number of hydrogen-bond acceptors (Lipinski definition) is 3. The van der Waals surface area contributed by atoms with E-state index in [1.165, 1.54) is 0 Å². The van der Waals surface area contributed by atoms with Crippen LogP contribution in [-0.4, -0.2) is 15.9 Å². The summed E-state index contributed by atoms with van der Waals surface area (Å²) in [6, 6.07) is 10.9. The van der Waals surface area contributed by atoms with Gasteiger partial charge in [0.25, 0.3) is 5.91 Å². The smallest absolute Gasteiger partial charge is 0.251 e. The summed E-state index contributed by atoms with van der Waals surface area (Å²) in [5.41, 5.74) is 1.55. The maximum atomic E-state index is 12.0. The number of hydrogen-bond donors (Lipinski definition) is 2. The highest BCUT2D eigenvalue weighted by Crippen LogP contribution is 2.15. The van der Waals surface area contributed by atoms with Gasteiger partial charge in [-0.05, 0) is 24.3 Å². The molecule has 20 heavy (non-hydrogen) atoms. The first kappa shape index (κ1) is 12.2. The van der Waals surface area contributed by atoms with Crippen LogP contribution in [0.5, 0.6) is 0 Å². The fourth-order valence-electron chi connectivity index (χ4n) is 1.89. The second kappa shape index (κ2) is 5.44. The molecule has 0 aliphatic heterocycles. The summed E-state index contributed by atoms with van der Waals surface area (Å²) in [5.74, 6) is 1.38. The van der Waals surface area contributed by atoms with Gasteiger partial charge in [0.1, 0.15) is 11.6 Å². The van der Waals surface area contributed by atoms with E-state index in [1.54, 1.807) is 36.9 Å². The molecule has 0 atom stereocenters. The van der Waals surface area contributed by atoms with Crippen molar-refractivity contribution in [3.8, 4) is 11.4 Å². The number of aromatic nitrogens is 2. The average molecular weight is 267 g/mol. The standard InChI is InChI=1S/C15H13N3O2/c19-15(18-10-13-2-1-9-20-13)12-5-3-11(4-6-12)14-16-7-8-17-14/h1-9H,10H2,(H,16,17)(H,18,19). The van der Waals surface area contributed by atoms with Crippen molar-refractivity contribution in [1.82, 2.24) is 15.3 Å². The Morgan fingerprint density at radius 2 is 2.10 bits per heavy atom. The van der Waals surface area contributed by atoms with E-state index in [2.05, 4.69) is 15.3 Å². The molecule has 0 aliphatic rings. The van der Waals surface area contributed by atoms with Crippen LogP contribution in [0.3, 0.4) is 0 Å². The van der Waals surface area contributed by atoms with Crippen LogP contribution in [0.4, 0.5) is 0 Å². The number of imidazole rings is 1. The topological polar surface area (TPSA) is 70.9 Å². The third kappa shape index (κ3) is 2.61. The highest BCUT2D eigenvalue weighted by atomic mass is 16.3. The number of carbonyl (C=O) groups is 1. The molecule has 1 amide bonds. The maximum Gasteiger partial charge on any atom is 0.251 e. The van der Waals surface area contributed by atoms with E-state index in [0.29, 0.717) is 12.1 Å². The van der Waals surface area contributed by atoms with Crippen molar-refractivity contribution in [3.63, 3.8) is 0 Å². The number of benzene rings is 1. The number of carbonyl (C=O) groups excluding carboxylic acids is 1. The highest BCUT2D eigenvalue weighted by molar-refractivity contribution is 5.94. The van der Waals surface area contributed by atoms with E-state index in [4.69, 9.17) is 4.42 Å². The molecule has 100 valence electrons. The maximum absolute atomic E-state index is 12.0. The van der Waals surface area contributed by atoms with E-state index in [1.807, 2.05) is 18.2 Å². The number of nitrogens with one attached hydrogen (secondary N) is 2. The minimum atomic E-state index is -0.132. The number of amides is 1. The summed E-state index contributed by atoms with van der Waals surface area (Å²) in [6.45, 7) is 0.381. The van der Waals surface area contributed by atoms with Crippen LogP contribution in [-0.2, 0) is 6.54 Å². The first-order valence-electron chi connectivity index (χ1n) is 6.23. The van der Waals surface area contributed by atoms with Crippen molar-refractivity contribution < 1.29 is 9.21 Å². The number of aromatic amines is 1. The largest absolute Gasteiger partial charge is 0.467 e. The molecule has 3 rings (SSSR count). The normalized spacial score (nSPS) is 10.4. The second-order valence-electron chi connectivity index (χ2n) is 4.28. The molecular formula is C15H13N3O2. The summed E-state index contributed by atoms with van der Waals surface area (Å²) in [5, 5.41) is 2.80. The molecule has 0 fully saturated rings. The van der Waals surface area contributed by atoms with Crippen molar-refractivity contribution in [2.45, 2.75) is 6.54 Å². The quantitative estimate of drug-likeness (QED) is 0.763. The van der Waals surface area contributed by atoms with Gasteiger partial charge in [0, 0.05) is 23.5 Å². The monoisotopic (exact) mass is 267 g/mol. The first-order chi connectivity index (χ1) is 9.83. The zero-order valence-corrected chi connectivity index (χ0v) is 10.7. The van der Waals surface area contributed by atoms with Crippen LogP contribution in [0.1, 0.15) is 16.1 Å². The predicted molar refractivity (Wildman–Crippen MR) is 73.9 cm³/mol. The van der Waals surface area contributed by atoms with Gasteiger partial charge in [0.15, 0.2) is 0 Å². The number of furan rings is 1. The summed E-state index contributed by atoms with van der Waals surface area (Å²) in [4.78, 5) is 19.1. The number of nitrogens with zero attached hydrogens (tertiary/aromatic N) is 1. The Morgan fingerprint density at radius 3 is 2.75 bits per heavy atom. The van der Waals surface area contributed by atoms with E-state index >= 15 is 0 Å². The minimum Gasteiger partial charge on any atom is -0.467 e. The minimum absolute atomic E-state index is 0.132. The van der Waals surface area contributed by atoms with Gasteiger partial charge in [-0.15, -0.1) is 0 Å². The molecule has 0 aliphatic carbocycles. The summed E-state index contributed by atoms with van der Waals surface area (Å²) >= 11 is 0. The van der Waals surface area contributed by atoms with Crippen LogP contribution in [0, 0.1) is 0 Å². The van der Waals surface area contributed by atoms with Gasteiger partial charge in [0.05, 0.1) is 12.8 Å². The number of rotatable bonds is 4. The van der Waals surface area contributed by atoms with Gasteiger partial charge in [-0.25, -0.2) is 4.98 Å². The summed E-state index contributed by atoms with van der Waals surface area (Å²) in [6.07, 6.45) is 5.04. The Hall–Kier alpha value is -2.82. The third-order valence-corrected chi connectivity index (χ3v) is 2.92. The Bertz CT molecular complexity index is 671. The molecule has 0 radical (unpaired) electrons. The van der Waals surface area contributed by atoms with Gasteiger partial charge in [0.2, 0.25) is 0 Å². The van der Waals surface area contributed by atoms with Gasteiger partial charge in [-0.2, -0.15) is 0 Å². The van der Waals surface area contributed by atoms with E-state index in [9.17, 15) is 4.79 Å². The van der Waals surface area contributed by atoms with Crippen molar-refractivity contribution in [1.29, 1.82) is 0 Å². The Kier molecular flexibility index (Phi) is 3.33. The van der Waals surface area contributed by atoms with Crippen LogP contribution in [0.25, 0.3) is 11.4 Å². The van der Waals surface area contributed by atoms with Crippen LogP contribution in [0.2, 0.25) is 0 Å². The van der Waals surface area contributed by atoms with Crippen molar-refractivity contribution in [2.24, 2.45) is 0 Å². The Morgan fingerprint density at radius 1 is 1.25 bits per heavy atom. The van der Waals surface area contributed by atoms with Crippen LogP contribution < -0.4 is 5.32 Å². The molecule has 2 N–H and O–H groups in total. The lowest BCUT2D eigenvalue weighted by molar-refractivity contribution is 0.0948. The molecule has 5 heteroatoms. The zero-order chi connectivity index (χ0) is 13.8. The van der Waals surface area contributed by atoms with E-state index in [-0.39, 0.29) is 5.91 Å². The number of H-pyrrole nitrogens is 1. The molecule has 3 aromatic rings. The summed E-state index contributed by atoms with van der Waals surface area (Å²) in [7, 11) is 0. The molecule has 1 aromatic carbocycles. The molecule has 0 bridgehead atoms. The molecule has 2 heterocycles. The average Bonchev–Trinajstić information content (AvgIpc) is 3.18. The highest BCUT2D eigenvalue weighted by Gasteiger charge is 2.07. The van der Waals surface area contributed by atoms with Crippen LogP contribution in [0.15, 0.2) is 59.5 Å². The zero-order valence-electron chi connectivity index (χ0n) is 10.7. The van der Waals surface area contributed by atoms with E-state index < -0.39 is 0 Å². The summed E-state index contributed by atoms with van der Waals surface area (Å²) < 4.78 is 5.16. The lowest BCUT2D eigenvalue weighted by Crippen LogP contribution is -2.22. The second-order valence-corrected chi connectivity index (χ2v) is 4.28. The van der Waals surface area contributed by atoms with Gasteiger partial charge in [-0.3, -0.25) is 4.79 Å². The van der Waals surface area contributed by atoms with Gasteiger partial charge < -0.3 is 14.7 Å². The molecule has 2 aromatic heterocycles. The van der Waals surface area contributed by atoms with Crippen molar-refractivity contribution in [2.75, 3.05) is 0 Å². The lowest BCUT2D eigenvalue weighted by atomic mass is 10.1. The van der Waals surface area contributed by atoms with Crippen LogP contribution >= 0.6 is 0 Å². The van der Waals surface area contributed by atoms with E-state index in [0.717, 1.165) is 17.1 Å². The predicted octanol–water partition coefficient (Wildman–Crippen LogP) is 2.60. The molecule has 0 saturated carbocycles. The fraction of sp³-hybridized carbons (Fsp3) is 0.0667. The van der Waals surface area contributed by atoms with Gasteiger partial charge in [-0.1, -0.05) is 12.1 Å². The first-order valence-corrected chi connectivity index (χ1v) is 6.23. The van der Waals surface area contributed by atoms with Crippen molar-refractivity contribution in [3.05, 3.63) is 66.4 Å². The lowest BCUT2D eigenvalue weighted by Gasteiger charge is -2.04. The molecule has 0 spiro atoms. The SMILES string of the molecule is O=C(NCc1ccco1)c1ccc(-c2ncc[nH]2)cc1. The third-order valence-electron chi connectivity index (χ3n) is 2.92. The molecule has 5 nitrogen and oxygen atoms in total. The Balaban J connectivity index is 1.66. The molecular weight excluding hydrogens is 254 g/mol. The fourth-order valence-corrected chi connectivity index (χ4v) is 1.89.